The van der Waals surface area contributed by atoms with Crippen LogP contribution < -0.4 is 11.1 Å². The van der Waals surface area contributed by atoms with E-state index in [4.69, 9.17) is 22.1 Å². The van der Waals surface area contributed by atoms with Crippen molar-refractivity contribution < 1.29 is 9.53 Å². The molecule has 0 saturated carbocycles. The number of benzene rings is 1. The Morgan fingerprint density at radius 3 is 2.43 bits per heavy atom. The summed E-state index contributed by atoms with van der Waals surface area (Å²) in [6, 6.07) is 5.40. The maximum atomic E-state index is 12.0. The number of nitrogens with one attached hydrogen (secondary N) is 1. The zero-order valence-corrected chi connectivity index (χ0v) is 14.2. The van der Waals surface area contributed by atoms with Gasteiger partial charge in [0.1, 0.15) is 5.60 Å². The first kappa shape index (κ1) is 17.8. The summed E-state index contributed by atoms with van der Waals surface area (Å²) in [7, 11) is 0. The lowest BCUT2D eigenvalue weighted by atomic mass is 9.80. The second-order valence-corrected chi connectivity index (χ2v) is 7.18. The van der Waals surface area contributed by atoms with E-state index in [0.29, 0.717) is 17.3 Å². The fraction of sp³-hybridized carbons (Fsp3) is 0.562. The monoisotopic (exact) mass is 312 g/mol. The largest absolute Gasteiger partial charge is 0.444 e. The molecule has 0 aliphatic rings. The third kappa shape index (κ3) is 5.56. The Bertz CT molecular complexity index is 507. The van der Waals surface area contributed by atoms with E-state index in [0.717, 1.165) is 12.0 Å². The molecule has 0 radical (unpaired) electrons. The van der Waals surface area contributed by atoms with Gasteiger partial charge in [0.25, 0.3) is 0 Å². The molecule has 0 aliphatic carbocycles. The van der Waals surface area contributed by atoms with Gasteiger partial charge in [0.2, 0.25) is 0 Å². The van der Waals surface area contributed by atoms with Gasteiger partial charge in [-0.2, -0.15) is 0 Å². The van der Waals surface area contributed by atoms with Gasteiger partial charge in [-0.1, -0.05) is 25.4 Å². The number of hydrogen-bond donors (Lipinski definition) is 2. The molecule has 0 heterocycles. The molecule has 0 saturated heterocycles. The molecule has 0 atom stereocenters. The van der Waals surface area contributed by atoms with Crippen LogP contribution >= 0.6 is 11.6 Å². The Labute approximate surface area is 132 Å². The maximum Gasteiger partial charge on any atom is 0.412 e. The quantitative estimate of drug-likeness (QED) is 0.870. The number of carbonyl (C=O) groups excluding carboxylic acids is 1. The minimum Gasteiger partial charge on any atom is -0.444 e. The number of anilines is 1. The van der Waals surface area contributed by atoms with Crippen LogP contribution in [-0.2, 0) is 10.2 Å². The molecule has 1 aromatic carbocycles. The molecule has 5 heteroatoms. The minimum absolute atomic E-state index is 0.190. The van der Waals surface area contributed by atoms with E-state index in [1.165, 1.54) is 0 Å². The summed E-state index contributed by atoms with van der Waals surface area (Å²) >= 11 is 6.09. The molecule has 1 aromatic rings. The molecule has 3 N–H and O–H groups in total. The summed E-state index contributed by atoms with van der Waals surface area (Å²) in [4.78, 5) is 12.0. The topological polar surface area (TPSA) is 64.3 Å². The van der Waals surface area contributed by atoms with Gasteiger partial charge in [0.15, 0.2) is 0 Å². The van der Waals surface area contributed by atoms with Crippen LogP contribution in [0.5, 0.6) is 0 Å². The highest BCUT2D eigenvalue weighted by molar-refractivity contribution is 6.30. The number of halogens is 1. The molecule has 0 aromatic heterocycles. The zero-order chi connectivity index (χ0) is 16.3. The first-order valence-electron chi connectivity index (χ1n) is 7.05. The molecule has 0 fully saturated rings. The van der Waals surface area contributed by atoms with E-state index in [2.05, 4.69) is 19.2 Å². The van der Waals surface area contributed by atoms with Gasteiger partial charge >= 0.3 is 6.09 Å². The predicted octanol–water partition coefficient (Wildman–Crippen LogP) is 4.31. The molecule has 0 bridgehead atoms. The lowest BCUT2D eigenvalue weighted by molar-refractivity contribution is 0.0635. The molecule has 4 nitrogen and oxygen atoms in total. The first-order valence-corrected chi connectivity index (χ1v) is 7.43. The van der Waals surface area contributed by atoms with Crippen LogP contribution in [0.15, 0.2) is 18.2 Å². The number of amides is 1. The van der Waals surface area contributed by atoms with E-state index in [1.807, 2.05) is 26.8 Å². The Kier molecular flexibility index (Phi) is 5.65. The summed E-state index contributed by atoms with van der Waals surface area (Å²) in [5, 5.41) is 3.43. The fourth-order valence-corrected chi connectivity index (χ4v) is 2.27. The smallest absolute Gasteiger partial charge is 0.412 e. The number of ether oxygens (including phenoxy) is 1. The third-order valence-corrected chi connectivity index (χ3v) is 3.35. The van der Waals surface area contributed by atoms with Gasteiger partial charge in [-0.3, -0.25) is 5.32 Å². The Morgan fingerprint density at radius 1 is 1.29 bits per heavy atom. The number of rotatable bonds is 4. The normalized spacial score (nSPS) is 12.1. The van der Waals surface area contributed by atoms with Crippen molar-refractivity contribution in [1.29, 1.82) is 0 Å². The van der Waals surface area contributed by atoms with Crippen molar-refractivity contribution in [3.63, 3.8) is 0 Å². The van der Waals surface area contributed by atoms with Crippen molar-refractivity contribution in [2.45, 2.75) is 52.1 Å². The molecule has 1 rings (SSSR count). The highest BCUT2D eigenvalue weighted by atomic mass is 35.5. The van der Waals surface area contributed by atoms with Crippen LogP contribution in [0.1, 0.15) is 46.6 Å². The summed E-state index contributed by atoms with van der Waals surface area (Å²) in [5.74, 6) is 0. The standard InChI is InChI=1S/C16H25ClN2O2/c1-15(2,3)21-14(20)19-13-7-6-11(17)10-12(13)16(4,5)8-9-18/h6-7,10H,8-9,18H2,1-5H3,(H,19,20). The van der Waals surface area contributed by atoms with Crippen LogP contribution in [0, 0.1) is 0 Å². The molecule has 1 amide bonds. The molecule has 0 aliphatic heterocycles. The number of nitrogens with two attached hydrogens (primary N) is 1. The van der Waals surface area contributed by atoms with Crippen LogP contribution in [0.3, 0.4) is 0 Å². The van der Waals surface area contributed by atoms with E-state index < -0.39 is 11.7 Å². The lowest BCUT2D eigenvalue weighted by Gasteiger charge is -2.28. The van der Waals surface area contributed by atoms with Crippen molar-refractivity contribution in [2.75, 3.05) is 11.9 Å². The van der Waals surface area contributed by atoms with Gasteiger partial charge in [-0.05, 0) is 62.9 Å². The van der Waals surface area contributed by atoms with Gasteiger partial charge in [-0.15, -0.1) is 0 Å². The molecule has 21 heavy (non-hydrogen) atoms. The van der Waals surface area contributed by atoms with Gasteiger partial charge in [-0.25, -0.2) is 4.79 Å². The van der Waals surface area contributed by atoms with Crippen LogP contribution in [0.4, 0.5) is 10.5 Å². The predicted molar refractivity (Wildman–Crippen MR) is 88.0 cm³/mol. The van der Waals surface area contributed by atoms with E-state index >= 15 is 0 Å². The third-order valence-electron chi connectivity index (χ3n) is 3.12. The van der Waals surface area contributed by atoms with Gasteiger partial charge in [0, 0.05) is 10.7 Å². The average molecular weight is 313 g/mol. The molecular weight excluding hydrogens is 288 g/mol. The van der Waals surface area contributed by atoms with Crippen molar-refractivity contribution in [3.8, 4) is 0 Å². The number of hydrogen-bond acceptors (Lipinski definition) is 3. The van der Waals surface area contributed by atoms with Crippen molar-refractivity contribution in [1.82, 2.24) is 0 Å². The molecular formula is C16H25ClN2O2. The summed E-state index contributed by atoms with van der Waals surface area (Å²) in [6.07, 6.45) is 0.311. The maximum absolute atomic E-state index is 12.0. The van der Waals surface area contributed by atoms with Crippen LogP contribution in [-0.4, -0.2) is 18.2 Å². The summed E-state index contributed by atoms with van der Waals surface area (Å²) in [5.41, 5.74) is 6.60. The van der Waals surface area contributed by atoms with Gasteiger partial charge < -0.3 is 10.5 Å². The Morgan fingerprint density at radius 2 is 1.90 bits per heavy atom. The first-order chi connectivity index (χ1) is 9.55. The fourth-order valence-electron chi connectivity index (χ4n) is 2.09. The Balaban J connectivity index is 3.05. The van der Waals surface area contributed by atoms with E-state index in [-0.39, 0.29) is 5.41 Å². The molecule has 0 unspecified atom stereocenters. The highest BCUT2D eigenvalue weighted by Gasteiger charge is 2.25. The van der Waals surface area contributed by atoms with E-state index in [1.54, 1.807) is 12.1 Å². The zero-order valence-electron chi connectivity index (χ0n) is 13.4. The SMILES string of the molecule is CC(C)(C)OC(=O)Nc1ccc(Cl)cc1C(C)(C)CCN. The molecule has 118 valence electrons. The van der Waals surface area contributed by atoms with E-state index in [9.17, 15) is 4.79 Å². The minimum atomic E-state index is -0.538. The second-order valence-electron chi connectivity index (χ2n) is 6.74. The van der Waals surface area contributed by atoms with Crippen LogP contribution in [0.2, 0.25) is 5.02 Å². The summed E-state index contributed by atoms with van der Waals surface area (Å²) in [6.45, 7) is 10.2. The molecule has 0 spiro atoms. The van der Waals surface area contributed by atoms with Crippen molar-refractivity contribution >= 4 is 23.4 Å². The summed E-state index contributed by atoms with van der Waals surface area (Å²) < 4.78 is 5.29. The van der Waals surface area contributed by atoms with Crippen molar-refractivity contribution in [2.24, 2.45) is 5.73 Å². The average Bonchev–Trinajstić information content (AvgIpc) is 2.28. The van der Waals surface area contributed by atoms with Crippen LogP contribution in [0.25, 0.3) is 0 Å². The van der Waals surface area contributed by atoms with Crippen molar-refractivity contribution in [3.05, 3.63) is 28.8 Å². The Hall–Kier alpha value is -1.26. The number of carbonyl (C=O) groups is 1. The highest BCUT2D eigenvalue weighted by Crippen LogP contribution is 2.34. The second kappa shape index (κ2) is 6.67. The van der Waals surface area contributed by atoms with Gasteiger partial charge in [0.05, 0.1) is 0 Å². The lowest BCUT2D eigenvalue weighted by Crippen LogP contribution is -2.29.